The molecule has 0 aromatic rings. The molecule has 0 aromatic heterocycles. The van der Waals surface area contributed by atoms with Gasteiger partial charge in [-0.1, -0.05) is 0 Å². The van der Waals surface area contributed by atoms with Gasteiger partial charge in [0.2, 0.25) is 15.9 Å². The van der Waals surface area contributed by atoms with Gasteiger partial charge in [0.1, 0.15) is 0 Å². The van der Waals surface area contributed by atoms with Crippen LogP contribution < -0.4 is 10.5 Å². The Bertz CT molecular complexity index is 306. The third kappa shape index (κ3) is 2.96. The SMILES string of the molecule is CS(=O)(=O)NC1(CC(N)=O)CCC1. The van der Waals surface area contributed by atoms with Crippen LogP contribution in [-0.4, -0.2) is 26.1 Å². The van der Waals surface area contributed by atoms with Gasteiger partial charge in [0.05, 0.1) is 6.26 Å². The zero-order valence-corrected chi connectivity index (χ0v) is 8.36. The van der Waals surface area contributed by atoms with Crippen molar-refractivity contribution in [1.29, 1.82) is 0 Å². The van der Waals surface area contributed by atoms with Crippen molar-refractivity contribution in [3.05, 3.63) is 0 Å². The average Bonchev–Trinajstić information content (AvgIpc) is 1.78. The van der Waals surface area contributed by atoms with Crippen LogP contribution in [0.25, 0.3) is 0 Å². The molecule has 0 saturated heterocycles. The van der Waals surface area contributed by atoms with Gasteiger partial charge in [-0.2, -0.15) is 0 Å². The number of carbonyl (C=O) groups excluding carboxylic acids is 1. The summed E-state index contributed by atoms with van der Waals surface area (Å²) in [5.41, 5.74) is 4.45. The van der Waals surface area contributed by atoms with Crippen molar-refractivity contribution in [2.75, 3.05) is 6.26 Å². The fraction of sp³-hybridized carbons (Fsp3) is 0.857. The van der Waals surface area contributed by atoms with Crippen LogP contribution >= 0.6 is 0 Å². The highest BCUT2D eigenvalue weighted by atomic mass is 32.2. The average molecular weight is 206 g/mol. The molecule has 0 aromatic carbocycles. The van der Waals surface area contributed by atoms with Crippen molar-refractivity contribution in [3.8, 4) is 0 Å². The predicted octanol–water partition coefficient (Wildman–Crippen LogP) is -0.666. The summed E-state index contributed by atoms with van der Waals surface area (Å²) in [6.45, 7) is 0. The molecule has 5 nitrogen and oxygen atoms in total. The van der Waals surface area contributed by atoms with Crippen LogP contribution in [0.2, 0.25) is 0 Å². The lowest BCUT2D eigenvalue weighted by Gasteiger charge is -2.40. The first kappa shape index (κ1) is 10.5. The summed E-state index contributed by atoms with van der Waals surface area (Å²) in [4.78, 5) is 10.7. The van der Waals surface area contributed by atoms with E-state index in [0.29, 0.717) is 12.8 Å². The Morgan fingerprint density at radius 1 is 1.54 bits per heavy atom. The number of amides is 1. The van der Waals surface area contributed by atoms with Gasteiger partial charge in [0.15, 0.2) is 0 Å². The van der Waals surface area contributed by atoms with E-state index in [2.05, 4.69) is 4.72 Å². The number of primary amides is 1. The molecule has 0 heterocycles. The van der Waals surface area contributed by atoms with Crippen molar-refractivity contribution in [2.45, 2.75) is 31.2 Å². The highest BCUT2D eigenvalue weighted by molar-refractivity contribution is 7.88. The molecule has 0 atom stereocenters. The van der Waals surface area contributed by atoms with Crippen LogP contribution in [0.15, 0.2) is 0 Å². The highest BCUT2D eigenvalue weighted by Gasteiger charge is 2.40. The van der Waals surface area contributed by atoms with E-state index in [1.807, 2.05) is 0 Å². The lowest BCUT2D eigenvalue weighted by atomic mass is 9.75. The summed E-state index contributed by atoms with van der Waals surface area (Å²) in [6, 6.07) is 0. The Morgan fingerprint density at radius 2 is 2.08 bits per heavy atom. The van der Waals surface area contributed by atoms with Gasteiger partial charge < -0.3 is 5.73 Å². The number of hydrogen-bond acceptors (Lipinski definition) is 3. The van der Waals surface area contributed by atoms with Gasteiger partial charge in [0.25, 0.3) is 0 Å². The van der Waals surface area contributed by atoms with E-state index in [1.54, 1.807) is 0 Å². The van der Waals surface area contributed by atoms with Gasteiger partial charge >= 0.3 is 0 Å². The van der Waals surface area contributed by atoms with Crippen LogP contribution in [0.1, 0.15) is 25.7 Å². The monoisotopic (exact) mass is 206 g/mol. The maximum absolute atomic E-state index is 11.0. The second kappa shape index (κ2) is 3.26. The fourth-order valence-electron chi connectivity index (χ4n) is 1.65. The Labute approximate surface area is 77.7 Å². The molecule has 1 fully saturated rings. The third-order valence-corrected chi connectivity index (χ3v) is 3.03. The normalized spacial score (nSPS) is 20.7. The van der Waals surface area contributed by atoms with E-state index in [-0.39, 0.29) is 6.42 Å². The lowest BCUT2D eigenvalue weighted by molar-refractivity contribution is -0.120. The van der Waals surface area contributed by atoms with E-state index < -0.39 is 21.5 Å². The van der Waals surface area contributed by atoms with E-state index in [0.717, 1.165) is 12.7 Å². The zero-order chi connectivity index (χ0) is 10.1. The van der Waals surface area contributed by atoms with Crippen LogP contribution in [0, 0.1) is 0 Å². The molecule has 0 radical (unpaired) electrons. The van der Waals surface area contributed by atoms with Crippen LogP contribution in [0.5, 0.6) is 0 Å². The maximum atomic E-state index is 11.0. The van der Waals surface area contributed by atoms with E-state index in [1.165, 1.54) is 0 Å². The van der Waals surface area contributed by atoms with Crippen LogP contribution in [-0.2, 0) is 14.8 Å². The predicted molar refractivity (Wildman–Crippen MR) is 48.4 cm³/mol. The lowest BCUT2D eigenvalue weighted by Crippen LogP contribution is -2.54. The first-order chi connectivity index (χ1) is 5.83. The Kier molecular flexibility index (Phi) is 2.63. The van der Waals surface area contributed by atoms with E-state index in [9.17, 15) is 13.2 Å². The van der Waals surface area contributed by atoms with E-state index in [4.69, 9.17) is 5.73 Å². The molecular formula is C7H14N2O3S. The molecule has 0 spiro atoms. The van der Waals surface area contributed by atoms with Gasteiger partial charge in [-0.3, -0.25) is 4.79 Å². The molecule has 1 saturated carbocycles. The molecule has 1 aliphatic rings. The minimum Gasteiger partial charge on any atom is -0.370 e. The molecule has 76 valence electrons. The van der Waals surface area contributed by atoms with Gasteiger partial charge in [-0.25, -0.2) is 13.1 Å². The number of nitrogens with one attached hydrogen (secondary N) is 1. The summed E-state index contributed by atoms with van der Waals surface area (Å²) in [7, 11) is -3.25. The van der Waals surface area contributed by atoms with Crippen molar-refractivity contribution in [1.82, 2.24) is 4.72 Å². The number of sulfonamides is 1. The number of nitrogens with two attached hydrogens (primary N) is 1. The second-order valence-corrected chi connectivity index (χ2v) is 5.40. The first-order valence-corrected chi connectivity index (χ1v) is 5.99. The summed E-state index contributed by atoms with van der Waals surface area (Å²) in [5.74, 6) is -0.462. The molecular weight excluding hydrogens is 192 g/mol. The molecule has 1 amide bonds. The minimum atomic E-state index is -3.25. The standard InChI is InChI=1S/C7H14N2O3S/c1-13(11,12)9-7(3-2-4-7)5-6(8)10/h9H,2-5H2,1H3,(H2,8,10). The largest absolute Gasteiger partial charge is 0.370 e. The number of hydrogen-bond donors (Lipinski definition) is 2. The zero-order valence-electron chi connectivity index (χ0n) is 7.54. The topological polar surface area (TPSA) is 89.3 Å². The van der Waals surface area contributed by atoms with Crippen LogP contribution in [0.4, 0.5) is 0 Å². The van der Waals surface area contributed by atoms with Crippen molar-refractivity contribution in [3.63, 3.8) is 0 Å². The third-order valence-electron chi connectivity index (χ3n) is 2.23. The Morgan fingerprint density at radius 3 is 2.31 bits per heavy atom. The van der Waals surface area contributed by atoms with Crippen molar-refractivity contribution < 1.29 is 13.2 Å². The molecule has 0 aliphatic heterocycles. The molecule has 1 aliphatic carbocycles. The number of carbonyl (C=O) groups is 1. The maximum Gasteiger partial charge on any atom is 0.219 e. The number of rotatable bonds is 4. The smallest absolute Gasteiger partial charge is 0.219 e. The molecule has 0 bridgehead atoms. The summed E-state index contributed by atoms with van der Waals surface area (Å²) >= 11 is 0. The van der Waals surface area contributed by atoms with Gasteiger partial charge in [-0.05, 0) is 19.3 Å². The van der Waals surface area contributed by atoms with Crippen molar-refractivity contribution >= 4 is 15.9 Å². The minimum absolute atomic E-state index is 0.0973. The van der Waals surface area contributed by atoms with Gasteiger partial charge in [-0.15, -0.1) is 0 Å². The highest BCUT2D eigenvalue weighted by Crippen LogP contribution is 2.35. The first-order valence-electron chi connectivity index (χ1n) is 4.10. The molecule has 13 heavy (non-hydrogen) atoms. The molecule has 6 heteroatoms. The Balaban J connectivity index is 2.65. The molecule has 0 unspecified atom stereocenters. The summed E-state index contributed by atoms with van der Waals surface area (Å²) in [6.07, 6.45) is 3.52. The molecule has 3 N–H and O–H groups in total. The second-order valence-electron chi connectivity index (χ2n) is 3.65. The summed E-state index contributed by atoms with van der Waals surface area (Å²) in [5, 5.41) is 0. The van der Waals surface area contributed by atoms with Crippen LogP contribution in [0.3, 0.4) is 0 Å². The van der Waals surface area contributed by atoms with Crippen molar-refractivity contribution in [2.24, 2.45) is 5.73 Å². The Hall–Kier alpha value is -0.620. The van der Waals surface area contributed by atoms with Gasteiger partial charge in [0, 0.05) is 12.0 Å². The quantitative estimate of drug-likeness (QED) is 0.639. The summed E-state index contributed by atoms with van der Waals surface area (Å²) < 4.78 is 24.4. The molecule has 1 rings (SSSR count). The fourth-order valence-corrected chi connectivity index (χ4v) is 2.71. The van der Waals surface area contributed by atoms with E-state index >= 15 is 0 Å².